The Kier molecular flexibility index (Phi) is 3.41. The van der Waals surface area contributed by atoms with E-state index < -0.39 is 0 Å². The van der Waals surface area contributed by atoms with E-state index in [0.29, 0.717) is 5.75 Å². The summed E-state index contributed by atoms with van der Waals surface area (Å²) in [6, 6.07) is 5.29. The highest BCUT2D eigenvalue weighted by molar-refractivity contribution is 5.37. The Labute approximate surface area is 99.6 Å². The number of nitrogens with zero attached hydrogens (tertiary/aromatic N) is 1. The second-order valence-electron chi connectivity index (χ2n) is 3.62. The van der Waals surface area contributed by atoms with Crippen molar-refractivity contribution in [3.05, 3.63) is 47.7 Å². The van der Waals surface area contributed by atoms with Crippen molar-refractivity contribution in [1.82, 2.24) is 10.4 Å². The van der Waals surface area contributed by atoms with E-state index in [1.807, 2.05) is 25.1 Å². The molecule has 2 rings (SSSR count). The maximum absolute atomic E-state index is 5.60. The van der Waals surface area contributed by atoms with Crippen LogP contribution >= 0.6 is 0 Å². The molecule has 0 saturated carbocycles. The summed E-state index contributed by atoms with van der Waals surface area (Å²) < 4.78 is 10.6. The smallest absolute Gasteiger partial charge is 0.142 e. The Balaban J connectivity index is 2.46. The number of pyridine rings is 1. The predicted octanol–water partition coefficient (Wildman–Crippen LogP) is 1.54. The van der Waals surface area contributed by atoms with Gasteiger partial charge in [-0.15, -0.1) is 0 Å². The van der Waals surface area contributed by atoms with Crippen LogP contribution in [0.3, 0.4) is 0 Å². The molecule has 1 unspecified atom stereocenters. The highest BCUT2D eigenvalue weighted by Crippen LogP contribution is 2.29. The van der Waals surface area contributed by atoms with Crippen molar-refractivity contribution in [2.75, 3.05) is 7.11 Å². The van der Waals surface area contributed by atoms with Crippen molar-refractivity contribution in [1.29, 1.82) is 0 Å². The lowest BCUT2D eigenvalue weighted by Gasteiger charge is -2.17. The molecule has 2 aromatic heterocycles. The van der Waals surface area contributed by atoms with Gasteiger partial charge in [-0.25, -0.2) is 5.43 Å². The third-order valence-electron chi connectivity index (χ3n) is 2.67. The van der Waals surface area contributed by atoms with Gasteiger partial charge in [0.2, 0.25) is 0 Å². The van der Waals surface area contributed by atoms with Gasteiger partial charge in [0.1, 0.15) is 17.2 Å². The normalized spacial score (nSPS) is 12.4. The molecule has 3 N–H and O–H groups in total. The molecule has 0 aliphatic rings. The van der Waals surface area contributed by atoms with E-state index in [0.717, 1.165) is 17.0 Å². The van der Waals surface area contributed by atoms with Gasteiger partial charge in [-0.1, -0.05) is 0 Å². The minimum absolute atomic E-state index is 0.245. The van der Waals surface area contributed by atoms with Crippen LogP contribution in [0.5, 0.6) is 5.75 Å². The van der Waals surface area contributed by atoms with Gasteiger partial charge in [0.15, 0.2) is 0 Å². The third kappa shape index (κ3) is 2.15. The summed E-state index contributed by atoms with van der Waals surface area (Å²) in [5, 5.41) is 0. The lowest BCUT2D eigenvalue weighted by molar-refractivity contribution is 0.399. The van der Waals surface area contributed by atoms with Crippen LogP contribution in [0.15, 0.2) is 35.1 Å². The fourth-order valence-electron chi connectivity index (χ4n) is 1.80. The molecule has 5 nitrogen and oxygen atoms in total. The van der Waals surface area contributed by atoms with Crippen LogP contribution in [-0.2, 0) is 0 Å². The Bertz CT molecular complexity index is 496. The Morgan fingerprint density at radius 1 is 1.47 bits per heavy atom. The summed E-state index contributed by atoms with van der Waals surface area (Å²) in [6.45, 7) is 1.88. The molecular formula is C12H15N3O2. The average Bonchev–Trinajstić information content (AvgIpc) is 2.78. The molecule has 0 fully saturated rings. The monoisotopic (exact) mass is 233 g/mol. The Hall–Kier alpha value is -1.85. The zero-order valence-electron chi connectivity index (χ0n) is 9.81. The molecule has 90 valence electrons. The number of hydrogen-bond donors (Lipinski definition) is 2. The van der Waals surface area contributed by atoms with E-state index >= 15 is 0 Å². The predicted molar refractivity (Wildman–Crippen MR) is 63.4 cm³/mol. The summed E-state index contributed by atoms with van der Waals surface area (Å²) in [6.07, 6.45) is 3.34. The van der Waals surface area contributed by atoms with Gasteiger partial charge in [-0.3, -0.25) is 10.8 Å². The van der Waals surface area contributed by atoms with Gasteiger partial charge < -0.3 is 9.15 Å². The largest absolute Gasteiger partial charge is 0.495 e. The van der Waals surface area contributed by atoms with E-state index in [9.17, 15) is 0 Å². The lowest BCUT2D eigenvalue weighted by Crippen LogP contribution is -2.30. The molecule has 0 radical (unpaired) electrons. The lowest BCUT2D eigenvalue weighted by atomic mass is 10.0. The first-order valence-electron chi connectivity index (χ1n) is 5.27. The van der Waals surface area contributed by atoms with Gasteiger partial charge in [-0.2, -0.15) is 0 Å². The molecule has 1 atom stereocenters. The van der Waals surface area contributed by atoms with Gasteiger partial charge in [0, 0.05) is 11.8 Å². The molecule has 0 spiro atoms. The number of ether oxygens (including phenoxy) is 1. The number of hydrogen-bond acceptors (Lipinski definition) is 5. The molecule has 2 heterocycles. The highest BCUT2D eigenvalue weighted by Gasteiger charge is 2.21. The first kappa shape index (κ1) is 11.6. The van der Waals surface area contributed by atoms with Gasteiger partial charge in [0.25, 0.3) is 0 Å². The molecule has 0 aromatic carbocycles. The fourth-order valence-corrected chi connectivity index (χ4v) is 1.80. The van der Waals surface area contributed by atoms with Crippen molar-refractivity contribution in [3.8, 4) is 5.75 Å². The van der Waals surface area contributed by atoms with Crippen LogP contribution in [0, 0.1) is 6.92 Å². The maximum Gasteiger partial charge on any atom is 0.142 e. The number of nitrogens with two attached hydrogens (primary N) is 1. The standard InChI is InChI=1S/C12H15N3O2/c1-8-9(5-7-17-8)11(15-13)12-10(16-2)4-3-6-14-12/h3-7,11,15H,13H2,1-2H3. The quantitative estimate of drug-likeness (QED) is 0.619. The minimum atomic E-state index is -0.245. The van der Waals surface area contributed by atoms with Gasteiger partial charge in [-0.05, 0) is 25.1 Å². The topological polar surface area (TPSA) is 73.3 Å². The van der Waals surface area contributed by atoms with Crippen LogP contribution in [0.25, 0.3) is 0 Å². The third-order valence-corrected chi connectivity index (χ3v) is 2.67. The fraction of sp³-hybridized carbons (Fsp3) is 0.250. The van der Waals surface area contributed by atoms with Crippen molar-refractivity contribution < 1.29 is 9.15 Å². The first-order chi connectivity index (χ1) is 8.27. The van der Waals surface area contributed by atoms with Crippen LogP contribution < -0.4 is 16.0 Å². The molecule has 0 aliphatic carbocycles. The molecule has 17 heavy (non-hydrogen) atoms. The van der Waals surface area contributed by atoms with Crippen molar-refractivity contribution >= 4 is 0 Å². The van der Waals surface area contributed by atoms with Crippen molar-refractivity contribution in [3.63, 3.8) is 0 Å². The minimum Gasteiger partial charge on any atom is -0.495 e. The molecule has 2 aromatic rings. The average molecular weight is 233 g/mol. The second-order valence-corrected chi connectivity index (χ2v) is 3.62. The number of aryl methyl sites for hydroxylation is 1. The van der Waals surface area contributed by atoms with Crippen LogP contribution in [-0.4, -0.2) is 12.1 Å². The number of aromatic nitrogens is 1. The molecule has 0 amide bonds. The van der Waals surface area contributed by atoms with Crippen molar-refractivity contribution in [2.45, 2.75) is 13.0 Å². The summed E-state index contributed by atoms with van der Waals surface area (Å²) in [5.41, 5.74) is 4.42. The van der Waals surface area contributed by atoms with Gasteiger partial charge in [0.05, 0.1) is 19.4 Å². The summed E-state index contributed by atoms with van der Waals surface area (Å²) in [7, 11) is 1.61. The number of nitrogens with one attached hydrogen (secondary N) is 1. The van der Waals surface area contributed by atoms with Crippen LogP contribution in [0.2, 0.25) is 0 Å². The number of methoxy groups -OCH3 is 1. The summed E-state index contributed by atoms with van der Waals surface area (Å²) >= 11 is 0. The van der Waals surface area contributed by atoms with E-state index in [4.69, 9.17) is 15.0 Å². The molecule has 0 saturated heterocycles. The number of furan rings is 1. The van der Waals surface area contributed by atoms with Crippen LogP contribution in [0.4, 0.5) is 0 Å². The molecular weight excluding hydrogens is 218 g/mol. The van der Waals surface area contributed by atoms with E-state index in [1.54, 1.807) is 19.6 Å². The Morgan fingerprint density at radius 2 is 2.29 bits per heavy atom. The zero-order valence-corrected chi connectivity index (χ0v) is 9.81. The Morgan fingerprint density at radius 3 is 2.88 bits per heavy atom. The zero-order chi connectivity index (χ0) is 12.3. The number of hydrazine groups is 1. The van der Waals surface area contributed by atoms with Crippen molar-refractivity contribution in [2.24, 2.45) is 5.84 Å². The van der Waals surface area contributed by atoms with E-state index in [-0.39, 0.29) is 6.04 Å². The van der Waals surface area contributed by atoms with Crippen LogP contribution in [0.1, 0.15) is 23.1 Å². The van der Waals surface area contributed by atoms with E-state index in [1.165, 1.54) is 0 Å². The SMILES string of the molecule is COc1cccnc1C(NN)c1ccoc1C. The molecule has 0 bridgehead atoms. The summed E-state index contributed by atoms with van der Waals surface area (Å²) in [4.78, 5) is 4.31. The maximum atomic E-state index is 5.60. The highest BCUT2D eigenvalue weighted by atomic mass is 16.5. The number of rotatable bonds is 4. The summed E-state index contributed by atoms with van der Waals surface area (Å²) in [5.74, 6) is 7.10. The van der Waals surface area contributed by atoms with Gasteiger partial charge >= 0.3 is 0 Å². The molecule has 0 aliphatic heterocycles. The first-order valence-corrected chi connectivity index (χ1v) is 5.27. The second kappa shape index (κ2) is 4.99. The molecule has 5 heteroatoms. The van der Waals surface area contributed by atoms with E-state index in [2.05, 4.69) is 10.4 Å².